The lowest BCUT2D eigenvalue weighted by molar-refractivity contribution is 0.0941. The molecule has 130 valence electrons. The first-order chi connectivity index (χ1) is 12.3. The second kappa shape index (κ2) is 6.79. The fraction of sp³-hybridized carbons (Fsp3) is 0.500. The normalized spacial score (nSPS) is 15.4. The summed E-state index contributed by atoms with van der Waals surface area (Å²) in [6.45, 7) is 0.164. The number of hydrogen-bond acceptors (Lipinski definition) is 8. The molecule has 0 radical (unpaired) electrons. The smallest absolute Gasteiger partial charge is 0.269 e. The van der Waals surface area contributed by atoms with Crippen LogP contribution in [0.15, 0.2) is 16.9 Å². The highest BCUT2D eigenvalue weighted by atomic mass is 16.5. The molecule has 0 saturated heterocycles. The highest BCUT2D eigenvalue weighted by Crippen LogP contribution is 2.30. The Morgan fingerprint density at radius 1 is 1.36 bits per heavy atom. The zero-order chi connectivity index (χ0) is 17.1. The predicted molar refractivity (Wildman–Crippen MR) is 82.6 cm³/mol. The number of rotatable bonds is 5. The number of H-pyrrole nitrogens is 1. The van der Waals surface area contributed by atoms with Crippen molar-refractivity contribution in [1.82, 2.24) is 45.9 Å². The molecule has 25 heavy (non-hydrogen) atoms. The van der Waals surface area contributed by atoms with E-state index in [4.69, 9.17) is 4.52 Å². The summed E-state index contributed by atoms with van der Waals surface area (Å²) < 4.78 is 6.58. The summed E-state index contributed by atoms with van der Waals surface area (Å²) in [4.78, 5) is 16.6. The second-order valence-corrected chi connectivity index (χ2v) is 5.96. The van der Waals surface area contributed by atoms with E-state index in [0.717, 1.165) is 18.7 Å². The van der Waals surface area contributed by atoms with Crippen LogP contribution in [0, 0.1) is 0 Å². The first kappa shape index (κ1) is 15.4. The van der Waals surface area contributed by atoms with Crippen LogP contribution in [0.1, 0.15) is 60.2 Å². The Hall–Kier alpha value is -3.11. The van der Waals surface area contributed by atoms with Gasteiger partial charge in [-0.3, -0.25) is 9.89 Å². The lowest BCUT2D eigenvalue weighted by Gasteiger charge is -2.17. The third-order valence-electron chi connectivity index (χ3n) is 4.25. The minimum atomic E-state index is -0.329. The van der Waals surface area contributed by atoms with E-state index in [2.05, 4.69) is 41.2 Å². The van der Waals surface area contributed by atoms with Crippen LogP contribution >= 0.6 is 0 Å². The van der Waals surface area contributed by atoms with Crippen molar-refractivity contribution in [3.63, 3.8) is 0 Å². The maximum atomic E-state index is 12.2. The van der Waals surface area contributed by atoms with Gasteiger partial charge in [-0.25, -0.2) is 0 Å². The number of nitrogens with one attached hydrogen (secondary N) is 2. The summed E-state index contributed by atoms with van der Waals surface area (Å²) in [6.07, 6.45) is 7.26. The standard InChI is InChI=1S/C14H17N9O2/c24-14(10-6-11(19-18-10)23-8-16-21-22-23)15-7-12-17-13(20-25-12)9-4-2-1-3-5-9/h6,8-9H,1-5,7H2,(H,15,24)(H,18,19). The van der Waals surface area contributed by atoms with Gasteiger partial charge in [0.1, 0.15) is 12.0 Å². The van der Waals surface area contributed by atoms with Crippen molar-refractivity contribution < 1.29 is 9.32 Å². The van der Waals surface area contributed by atoms with Crippen molar-refractivity contribution in [3.8, 4) is 5.82 Å². The van der Waals surface area contributed by atoms with Crippen molar-refractivity contribution >= 4 is 5.91 Å². The zero-order valence-corrected chi connectivity index (χ0v) is 13.4. The van der Waals surface area contributed by atoms with Crippen LogP contribution in [0.4, 0.5) is 0 Å². The van der Waals surface area contributed by atoms with Crippen molar-refractivity contribution in [2.45, 2.75) is 44.6 Å². The van der Waals surface area contributed by atoms with E-state index in [-0.39, 0.29) is 18.1 Å². The minimum Gasteiger partial charge on any atom is -0.342 e. The fourth-order valence-corrected chi connectivity index (χ4v) is 2.93. The molecule has 3 aromatic heterocycles. The predicted octanol–water partition coefficient (Wildman–Crippen LogP) is 0.746. The van der Waals surface area contributed by atoms with Gasteiger partial charge >= 0.3 is 0 Å². The lowest BCUT2D eigenvalue weighted by Crippen LogP contribution is -2.23. The number of aromatic amines is 1. The van der Waals surface area contributed by atoms with Gasteiger partial charge in [-0.05, 0) is 23.3 Å². The Bertz CT molecular complexity index is 832. The summed E-state index contributed by atoms with van der Waals surface area (Å²) in [7, 11) is 0. The molecular weight excluding hydrogens is 326 g/mol. The van der Waals surface area contributed by atoms with Crippen LogP contribution in [0.25, 0.3) is 5.82 Å². The highest BCUT2D eigenvalue weighted by molar-refractivity contribution is 5.92. The Kier molecular flexibility index (Phi) is 4.19. The Morgan fingerprint density at radius 2 is 2.24 bits per heavy atom. The molecule has 11 nitrogen and oxygen atoms in total. The van der Waals surface area contributed by atoms with E-state index >= 15 is 0 Å². The average Bonchev–Trinajstić information content (AvgIpc) is 3.41. The largest absolute Gasteiger partial charge is 0.342 e. The number of aromatic nitrogens is 8. The van der Waals surface area contributed by atoms with Crippen molar-refractivity contribution in [2.75, 3.05) is 0 Å². The van der Waals surface area contributed by atoms with Crippen molar-refractivity contribution in [3.05, 3.63) is 29.8 Å². The molecule has 4 rings (SSSR count). The lowest BCUT2D eigenvalue weighted by atomic mass is 9.89. The molecule has 1 saturated carbocycles. The van der Waals surface area contributed by atoms with E-state index in [0.29, 0.717) is 17.6 Å². The molecule has 2 N–H and O–H groups in total. The van der Waals surface area contributed by atoms with Gasteiger partial charge in [0.15, 0.2) is 11.6 Å². The number of hydrogen-bond donors (Lipinski definition) is 2. The molecule has 3 heterocycles. The van der Waals surface area contributed by atoms with Crippen LogP contribution in [0.5, 0.6) is 0 Å². The second-order valence-electron chi connectivity index (χ2n) is 5.96. The van der Waals surface area contributed by atoms with E-state index in [1.807, 2.05) is 0 Å². The fourth-order valence-electron chi connectivity index (χ4n) is 2.93. The Balaban J connectivity index is 1.35. The minimum absolute atomic E-state index is 0.164. The third kappa shape index (κ3) is 3.39. The molecule has 1 amide bonds. The molecule has 0 bridgehead atoms. The van der Waals surface area contributed by atoms with E-state index < -0.39 is 0 Å². The van der Waals surface area contributed by atoms with Crippen LogP contribution in [0.2, 0.25) is 0 Å². The molecule has 3 aromatic rings. The Morgan fingerprint density at radius 3 is 3.04 bits per heavy atom. The van der Waals surface area contributed by atoms with Gasteiger partial charge < -0.3 is 9.84 Å². The van der Waals surface area contributed by atoms with Crippen LogP contribution in [-0.4, -0.2) is 46.5 Å². The average molecular weight is 343 g/mol. The highest BCUT2D eigenvalue weighted by Gasteiger charge is 2.21. The summed E-state index contributed by atoms with van der Waals surface area (Å²) >= 11 is 0. The van der Waals surface area contributed by atoms with Gasteiger partial charge in [-0.2, -0.15) is 14.8 Å². The van der Waals surface area contributed by atoms with Crippen molar-refractivity contribution in [2.24, 2.45) is 0 Å². The molecule has 1 fully saturated rings. The van der Waals surface area contributed by atoms with E-state index in [1.54, 1.807) is 6.07 Å². The monoisotopic (exact) mass is 343 g/mol. The molecule has 0 atom stereocenters. The Labute approximate surface area is 142 Å². The topological polar surface area (TPSA) is 140 Å². The molecular formula is C14H17N9O2. The third-order valence-corrected chi connectivity index (χ3v) is 4.25. The first-order valence-electron chi connectivity index (χ1n) is 8.19. The number of tetrazole rings is 1. The summed E-state index contributed by atoms with van der Waals surface area (Å²) in [5, 5.41) is 24.1. The molecule has 0 spiro atoms. The quantitative estimate of drug-likeness (QED) is 0.691. The van der Waals surface area contributed by atoms with Gasteiger partial charge in [0.05, 0.1) is 6.54 Å². The van der Waals surface area contributed by atoms with Gasteiger partial charge in [0, 0.05) is 12.0 Å². The van der Waals surface area contributed by atoms with Crippen molar-refractivity contribution in [1.29, 1.82) is 0 Å². The molecule has 0 unspecified atom stereocenters. The van der Waals surface area contributed by atoms with Crippen LogP contribution < -0.4 is 5.32 Å². The van der Waals surface area contributed by atoms with Gasteiger partial charge in [0.25, 0.3) is 5.91 Å². The molecule has 1 aliphatic carbocycles. The summed E-state index contributed by atoms with van der Waals surface area (Å²) in [5.41, 5.74) is 0.289. The van der Waals surface area contributed by atoms with E-state index in [9.17, 15) is 4.79 Å². The molecule has 0 aromatic carbocycles. The van der Waals surface area contributed by atoms with Crippen LogP contribution in [-0.2, 0) is 6.54 Å². The number of carbonyl (C=O) groups excluding carboxylic acids is 1. The zero-order valence-electron chi connectivity index (χ0n) is 13.4. The SMILES string of the molecule is O=C(NCc1nc(C2CCCCC2)no1)c1cc(-n2cnnn2)n[nH]1. The van der Waals surface area contributed by atoms with Gasteiger partial charge in [0.2, 0.25) is 5.89 Å². The van der Waals surface area contributed by atoms with Gasteiger partial charge in [-0.15, -0.1) is 5.10 Å². The first-order valence-corrected chi connectivity index (χ1v) is 8.19. The van der Waals surface area contributed by atoms with Crippen LogP contribution in [0.3, 0.4) is 0 Å². The summed E-state index contributed by atoms with van der Waals surface area (Å²) in [6, 6.07) is 1.55. The summed E-state index contributed by atoms with van der Waals surface area (Å²) in [5.74, 6) is 1.60. The molecule has 11 heteroatoms. The van der Waals surface area contributed by atoms with Gasteiger partial charge in [-0.1, -0.05) is 24.4 Å². The number of carbonyl (C=O) groups is 1. The maximum Gasteiger partial charge on any atom is 0.269 e. The number of amides is 1. The van der Waals surface area contributed by atoms with E-state index in [1.165, 1.54) is 30.3 Å². The number of nitrogens with zero attached hydrogens (tertiary/aromatic N) is 7. The molecule has 0 aliphatic heterocycles. The maximum absolute atomic E-state index is 12.2. The molecule has 1 aliphatic rings.